The molecule has 2 aliphatic heterocycles. The summed E-state index contributed by atoms with van der Waals surface area (Å²) in [4.78, 5) is 43.0. The van der Waals surface area contributed by atoms with Crippen LogP contribution >= 0.6 is 78.3 Å². The van der Waals surface area contributed by atoms with Gasteiger partial charge in [-0.1, -0.05) is 68.4 Å². The van der Waals surface area contributed by atoms with Crippen LogP contribution in [0.3, 0.4) is 0 Å². The second-order valence-corrected chi connectivity index (χ2v) is 11.2. The lowest BCUT2D eigenvalue weighted by Gasteiger charge is -2.49. The van der Waals surface area contributed by atoms with Crippen LogP contribution in [0.2, 0.25) is 20.1 Å². The molecule has 3 aromatic rings. The van der Waals surface area contributed by atoms with Gasteiger partial charge in [0.2, 0.25) is 0 Å². The van der Waals surface area contributed by atoms with E-state index in [-0.39, 0.29) is 31.2 Å². The van der Waals surface area contributed by atoms with Crippen molar-refractivity contribution < 1.29 is 19.1 Å². The molecule has 36 heavy (non-hydrogen) atoms. The van der Waals surface area contributed by atoms with E-state index in [1.54, 1.807) is 42.5 Å². The summed E-state index contributed by atoms with van der Waals surface area (Å²) in [5, 5.41) is -0.668. The summed E-state index contributed by atoms with van der Waals surface area (Å²) in [6.07, 6.45) is 0. The summed E-state index contributed by atoms with van der Waals surface area (Å²) in [5.41, 5.74) is 0.909. The van der Waals surface area contributed by atoms with Crippen LogP contribution < -0.4 is 9.64 Å². The van der Waals surface area contributed by atoms with Crippen molar-refractivity contribution in [3.63, 3.8) is 0 Å². The zero-order valence-corrected chi connectivity index (χ0v) is 24.2. The lowest BCUT2D eigenvalue weighted by atomic mass is 9.86. The average molecular weight is 694 g/mol. The van der Waals surface area contributed by atoms with E-state index in [4.69, 9.17) is 51.1 Å². The second-order valence-electron chi connectivity index (χ2n) is 7.95. The van der Waals surface area contributed by atoms with Crippen LogP contribution in [0, 0.1) is 0 Å². The summed E-state index contributed by atoms with van der Waals surface area (Å²) in [6, 6.07) is 10.5. The van der Waals surface area contributed by atoms with Crippen LogP contribution in [0.25, 0.3) is 0 Å². The number of carbonyl (C=O) groups is 3. The third kappa shape index (κ3) is 3.77. The van der Waals surface area contributed by atoms with E-state index in [1.165, 1.54) is 12.0 Å². The highest BCUT2D eigenvalue weighted by molar-refractivity contribution is 9.10. The molecule has 1 saturated heterocycles. The number of hydrogen-bond acceptors (Lipinski definition) is 4. The Hall–Kier alpha value is -1.81. The molecule has 2 atom stereocenters. The Bertz CT molecular complexity index is 1440. The van der Waals surface area contributed by atoms with Gasteiger partial charge in [0.1, 0.15) is 11.8 Å². The van der Waals surface area contributed by atoms with Gasteiger partial charge in [-0.3, -0.25) is 19.3 Å². The SMILES string of the molecule is COc1ccc([C@H]2[C@@H](N3C(=O)c4c(Cl)c(Cl)c(Cl)c(Cl)c4C3=O)C(=O)N2c2ccc(Br)cc2)cc1Br. The van der Waals surface area contributed by atoms with E-state index < -0.39 is 29.8 Å². The fourth-order valence-electron chi connectivity index (χ4n) is 4.43. The van der Waals surface area contributed by atoms with E-state index in [0.29, 0.717) is 21.5 Å². The first kappa shape index (κ1) is 25.8. The van der Waals surface area contributed by atoms with Crippen molar-refractivity contribution in [2.75, 3.05) is 12.0 Å². The van der Waals surface area contributed by atoms with Gasteiger partial charge in [-0.2, -0.15) is 0 Å². The Morgan fingerprint density at radius 2 is 1.31 bits per heavy atom. The van der Waals surface area contributed by atoms with Gasteiger partial charge in [-0.25, -0.2) is 0 Å². The number of rotatable bonds is 4. The number of anilines is 1. The molecule has 0 aromatic heterocycles. The molecule has 0 aliphatic carbocycles. The van der Waals surface area contributed by atoms with Crippen LogP contribution in [-0.2, 0) is 4.79 Å². The van der Waals surface area contributed by atoms with Gasteiger partial charge in [0.25, 0.3) is 17.7 Å². The minimum atomic E-state index is -1.16. The normalized spacial score (nSPS) is 19.0. The largest absolute Gasteiger partial charge is 0.496 e. The zero-order chi connectivity index (χ0) is 26.0. The number of β-lactam (4-membered cyclic amide) rings is 1. The average Bonchev–Trinajstić information content (AvgIpc) is 3.11. The first-order valence-electron chi connectivity index (χ1n) is 10.2. The minimum absolute atomic E-state index is 0.142. The highest BCUT2D eigenvalue weighted by Crippen LogP contribution is 2.49. The summed E-state index contributed by atoms with van der Waals surface area (Å²) >= 11 is 31.7. The van der Waals surface area contributed by atoms with Crippen molar-refractivity contribution in [1.82, 2.24) is 4.90 Å². The van der Waals surface area contributed by atoms with Gasteiger partial charge in [0, 0.05) is 10.2 Å². The number of amides is 3. The summed E-state index contributed by atoms with van der Waals surface area (Å²) in [6.45, 7) is 0. The second kappa shape index (κ2) is 9.49. The van der Waals surface area contributed by atoms with E-state index in [0.717, 1.165) is 9.37 Å². The maximum Gasteiger partial charge on any atom is 0.264 e. The molecular weight excluding hydrogens is 682 g/mol. The van der Waals surface area contributed by atoms with Crippen LogP contribution in [0.15, 0.2) is 51.4 Å². The summed E-state index contributed by atoms with van der Waals surface area (Å²) in [7, 11) is 1.53. The van der Waals surface area contributed by atoms with Crippen LogP contribution in [-0.4, -0.2) is 35.8 Å². The van der Waals surface area contributed by atoms with Gasteiger partial charge in [0.05, 0.1) is 48.8 Å². The van der Waals surface area contributed by atoms with Crippen molar-refractivity contribution in [1.29, 1.82) is 0 Å². The molecule has 12 heteroatoms. The molecule has 3 aromatic carbocycles. The first-order chi connectivity index (χ1) is 17.1. The van der Waals surface area contributed by atoms with Crippen molar-refractivity contribution in [2.45, 2.75) is 12.1 Å². The molecule has 0 bridgehead atoms. The third-order valence-electron chi connectivity index (χ3n) is 6.10. The van der Waals surface area contributed by atoms with Crippen molar-refractivity contribution in [3.05, 3.63) is 88.2 Å². The van der Waals surface area contributed by atoms with Crippen molar-refractivity contribution in [3.8, 4) is 5.75 Å². The topological polar surface area (TPSA) is 66.9 Å². The van der Waals surface area contributed by atoms with Gasteiger partial charge in [0.15, 0.2) is 0 Å². The number of benzene rings is 3. The molecule has 5 rings (SSSR count). The number of ether oxygens (including phenoxy) is 1. The monoisotopic (exact) mass is 690 g/mol. The smallest absolute Gasteiger partial charge is 0.264 e. The molecule has 184 valence electrons. The number of imide groups is 1. The fraction of sp³-hybridized carbons (Fsp3) is 0.125. The molecule has 2 heterocycles. The summed E-state index contributed by atoms with van der Waals surface area (Å²) in [5.74, 6) is -1.41. The quantitative estimate of drug-likeness (QED) is 0.122. The number of methoxy groups -OCH3 is 1. The fourth-order valence-corrected chi connectivity index (χ4v) is 6.27. The van der Waals surface area contributed by atoms with Gasteiger partial charge in [-0.15, -0.1) is 0 Å². The number of hydrogen-bond donors (Lipinski definition) is 0. The van der Waals surface area contributed by atoms with E-state index in [1.807, 2.05) is 0 Å². The Balaban J connectivity index is 1.64. The minimum Gasteiger partial charge on any atom is -0.496 e. The third-order valence-corrected chi connectivity index (χ3v) is 9.05. The maximum atomic E-state index is 13.6. The molecule has 0 saturated carbocycles. The molecule has 3 amide bonds. The van der Waals surface area contributed by atoms with E-state index in [9.17, 15) is 14.4 Å². The summed E-state index contributed by atoms with van der Waals surface area (Å²) < 4.78 is 6.80. The molecule has 0 radical (unpaired) electrons. The zero-order valence-electron chi connectivity index (χ0n) is 18.0. The van der Waals surface area contributed by atoms with Crippen molar-refractivity contribution in [2.24, 2.45) is 0 Å². The highest BCUT2D eigenvalue weighted by Gasteiger charge is 2.58. The number of carbonyl (C=O) groups excluding carboxylic acids is 3. The highest BCUT2D eigenvalue weighted by atomic mass is 79.9. The van der Waals surface area contributed by atoms with Crippen LogP contribution in [0.4, 0.5) is 5.69 Å². The van der Waals surface area contributed by atoms with Crippen LogP contribution in [0.5, 0.6) is 5.75 Å². The Labute approximate surface area is 242 Å². The van der Waals surface area contributed by atoms with Gasteiger partial charge in [-0.05, 0) is 57.9 Å². The standard InChI is InChI=1S/C24H12Br2Cl4N2O4/c1-36-13-7-2-9(8-12(13)26)20-21(24(35)31(20)11-5-3-10(25)4-6-11)32-22(33)14-15(23(32)34)17(28)19(30)18(29)16(14)27/h2-8,20-21H,1H3/t20-,21+/m0/s1. The van der Waals surface area contributed by atoms with Gasteiger partial charge >= 0.3 is 0 Å². The molecular formula is C24H12Br2Cl4N2O4. The van der Waals surface area contributed by atoms with Crippen molar-refractivity contribution >= 4 is 102 Å². The lowest BCUT2D eigenvalue weighted by molar-refractivity contribution is -0.130. The first-order valence-corrected chi connectivity index (χ1v) is 13.3. The van der Waals surface area contributed by atoms with Gasteiger partial charge < -0.3 is 9.64 Å². The molecule has 2 aliphatic rings. The molecule has 0 spiro atoms. The van der Waals surface area contributed by atoms with E-state index in [2.05, 4.69) is 31.9 Å². The number of fused-ring (bicyclic) bond motifs is 1. The predicted molar refractivity (Wildman–Crippen MR) is 146 cm³/mol. The molecule has 0 N–H and O–H groups in total. The Morgan fingerprint density at radius 3 is 1.81 bits per heavy atom. The predicted octanol–water partition coefficient (Wildman–Crippen LogP) is 7.59. The Morgan fingerprint density at radius 1 is 0.750 bits per heavy atom. The maximum absolute atomic E-state index is 13.6. The molecule has 0 unspecified atom stereocenters. The Kier molecular flexibility index (Phi) is 6.81. The van der Waals surface area contributed by atoms with Crippen LogP contribution in [0.1, 0.15) is 32.3 Å². The number of nitrogens with zero attached hydrogens (tertiary/aromatic N) is 2. The van der Waals surface area contributed by atoms with E-state index >= 15 is 0 Å². The lowest BCUT2D eigenvalue weighted by Crippen LogP contribution is -2.67. The molecule has 1 fully saturated rings. The molecule has 6 nitrogen and oxygen atoms in total. The number of halogens is 6.